The number of guanidine groups is 1. The lowest BCUT2D eigenvalue weighted by molar-refractivity contribution is -0.140. The summed E-state index contributed by atoms with van der Waals surface area (Å²) in [6.45, 7) is 4.54. The molecule has 24 heavy (non-hydrogen) atoms. The monoisotopic (exact) mass is 361 g/mol. The SMILES string of the molecule is CN=C(NCc1cc(C(C)C)no1)NCc1nc(C(F)(F)F)cs1. The normalized spacial score (nSPS) is 12.7. The predicted octanol–water partition coefficient (Wildman–Crippen LogP) is 3.14. The minimum atomic E-state index is -4.42. The Morgan fingerprint density at radius 3 is 2.58 bits per heavy atom. The fourth-order valence-corrected chi connectivity index (χ4v) is 2.50. The van der Waals surface area contributed by atoms with Crippen LogP contribution in [0.2, 0.25) is 0 Å². The van der Waals surface area contributed by atoms with E-state index in [1.807, 2.05) is 19.9 Å². The Labute approximate surface area is 141 Å². The van der Waals surface area contributed by atoms with Gasteiger partial charge in [-0.2, -0.15) is 13.2 Å². The Morgan fingerprint density at radius 1 is 1.33 bits per heavy atom. The fourth-order valence-electron chi connectivity index (χ4n) is 1.76. The van der Waals surface area contributed by atoms with Gasteiger partial charge in [-0.1, -0.05) is 19.0 Å². The smallest absolute Gasteiger partial charge is 0.359 e. The molecule has 6 nitrogen and oxygen atoms in total. The Bertz CT molecular complexity index is 693. The number of nitrogens with one attached hydrogen (secondary N) is 2. The molecule has 0 aliphatic heterocycles. The van der Waals surface area contributed by atoms with E-state index in [-0.39, 0.29) is 12.5 Å². The largest absolute Gasteiger partial charge is 0.434 e. The zero-order valence-electron chi connectivity index (χ0n) is 13.4. The van der Waals surface area contributed by atoms with Gasteiger partial charge >= 0.3 is 6.18 Å². The maximum atomic E-state index is 12.5. The second-order valence-corrected chi connectivity index (χ2v) is 6.22. The first-order valence-corrected chi connectivity index (χ1v) is 8.09. The molecule has 0 atom stereocenters. The zero-order chi connectivity index (χ0) is 17.7. The number of hydrogen-bond donors (Lipinski definition) is 2. The van der Waals surface area contributed by atoms with E-state index in [1.165, 1.54) is 0 Å². The van der Waals surface area contributed by atoms with Crippen molar-refractivity contribution in [3.8, 4) is 0 Å². The van der Waals surface area contributed by atoms with Crippen LogP contribution >= 0.6 is 11.3 Å². The van der Waals surface area contributed by atoms with Gasteiger partial charge in [-0.05, 0) is 5.92 Å². The molecule has 2 N–H and O–H groups in total. The van der Waals surface area contributed by atoms with Crippen molar-refractivity contribution in [2.24, 2.45) is 4.99 Å². The molecule has 132 valence electrons. The molecule has 0 fully saturated rings. The van der Waals surface area contributed by atoms with Crippen LogP contribution in [0.4, 0.5) is 13.2 Å². The number of rotatable bonds is 5. The lowest BCUT2D eigenvalue weighted by Crippen LogP contribution is -2.36. The first-order valence-electron chi connectivity index (χ1n) is 7.21. The van der Waals surface area contributed by atoms with Gasteiger partial charge in [0.2, 0.25) is 0 Å². The maximum Gasteiger partial charge on any atom is 0.434 e. The van der Waals surface area contributed by atoms with E-state index in [9.17, 15) is 13.2 Å². The molecule has 2 aromatic heterocycles. The highest BCUT2D eigenvalue weighted by molar-refractivity contribution is 7.09. The number of aliphatic imine (C=N–C) groups is 1. The van der Waals surface area contributed by atoms with Crippen LogP contribution in [0.25, 0.3) is 0 Å². The molecule has 0 aromatic carbocycles. The summed E-state index contributed by atoms with van der Waals surface area (Å²) in [5, 5.41) is 11.2. The van der Waals surface area contributed by atoms with E-state index in [0.29, 0.717) is 23.3 Å². The average Bonchev–Trinajstić information content (AvgIpc) is 3.16. The summed E-state index contributed by atoms with van der Waals surface area (Å²) < 4.78 is 42.7. The van der Waals surface area contributed by atoms with Crippen molar-refractivity contribution >= 4 is 17.3 Å². The van der Waals surface area contributed by atoms with E-state index in [0.717, 1.165) is 22.4 Å². The van der Waals surface area contributed by atoms with Crippen molar-refractivity contribution in [3.63, 3.8) is 0 Å². The standard InChI is InChI=1S/C14H18F3N5OS/c1-8(2)10-4-9(23-22-10)5-19-13(18-3)20-6-12-21-11(7-24-12)14(15,16)17/h4,7-8H,5-6H2,1-3H3,(H2,18,19,20). The first kappa shape index (κ1) is 18.2. The number of alkyl halides is 3. The summed E-state index contributed by atoms with van der Waals surface area (Å²) in [6.07, 6.45) is -4.42. The van der Waals surface area contributed by atoms with Gasteiger partial charge < -0.3 is 15.2 Å². The highest BCUT2D eigenvalue weighted by Crippen LogP contribution is 2.29. The maximum absolute atomic E-state index is 12.5. The molecule has 0 unspecified atom stereocenters. The van der Waals surface area contributed by atoms with Crippen molar-refractivity contribution in [1.29, 1.82) is 0 Å². The number of halogens is 3. The van der Waals surface area contributed by atoms with E-state index < -0.39 is 11.9 Å². The van der Waals surface area contributed by atoms with Crippen LogP contribution in [0.15, 0.2) is 21.0 Å². The van der Waals surface area contributed by atoms with Crippen LogP contribution < -0.4 is 10.6 Å². The third kappa shape index (κ3) is 4.95. The van der Waals surface area contributed by atoms with E-state index in [2.05, 4.69) is 25.8 Å². The molecule has 0 amide bonds. The van der Waals surface area contributed by atoms with Crippen LogP contribution in [0.3, 0.4) is 0 Å². The summed E-state index contributed by atoms with van der Waals surface area (Å²) in [6, 6.07) is 1.85. The Hall–Kier alpha value is -2.10. The van der Waals surface area contributed by atoms with Gasteiger partial charge in [0.25, 0.3) is 0 Å². The molecule has 0 aliphatic carbocycles. The van der Waals surface area contributed by atoms with Crippen LogP contribution in [0.1, 0.15) is 41.9 Å². The van der Waals surface area contributed by atoms with Crippen molar-refractivity contribution in [2.75, 3.05) is 7.05 Å². The fraction of sp³-hybridized carbons (Fsp3) is 0.500. The number of hydrogen-bond acceptors (Lipinski definition) is 5. The minimum Gasteiger partial charge on any atom is -0.359 e. The van der Waals surface area contributed by atoms with Crippen LogP contribution in [0, 0.1) is 0 Å². The van der Waals surface area contributed by atoms with Crippen molar-refractivity contribution in [1.82, 2.24) is 20.8 Å². The predicted molar refractivity (Wildman–Crippen MR) is 84.7 cm³/mol. The molecule has 0 saturated carbocycles. The van der Waals surface area contributed by atoms with Crippen molar-refractivity contribution in [2.45, 2.75) is 39.0 Å². The topological polar surface area (TPSA) is 75.3 Å². The van der Waals surface area contributed by atoms with Crippen molar-refractivity contribution in [3.05, 3.63) is 33.6 Å². The minimum absolute atomic E-state index is 0.147. The molecule has 0 radical (unpaired) electrons. The highest BCUT2D eigenvalue weighted by atomic mass is 32.1. The number of nitrogens with zero attached hydrogens (tertiary/aromatic N) is 3. The molecule has 0 aliphatic rings. The summed E-state index contributed by atoms with van der Waals surface area (Å²) in [5.41, 5.74) is -0.0210. The lowest BCUT2D eigenvalue weighted by Gasteiger charge is -2.09. The van der Waals surface area contributed by atoms with Gasteiger partial charge in [-0.25, -0.2) is 4.98 Å². The second kappa shape index (κ2) is 7.65. The summed E-state index contributed by atoms with van der Waals surface area (Å²) in [5.74, 6) is 1.35. The first-order chi connectivity index (χ1) is 11.3. The molecule has 0 saturated heterocycles. The van der Waals surface area contributed by atoms with E-state index >= 15 is 0 Å². The number of aromatic nitrogens is 2. The Kier molecular flexibility index (Phi) is 5.81. The molecule has 0 spiro atoms. The van der Waals surface area contributed by atoms with Crippen LogP contribution in [-0.2, 0) is 19.3 Å². The lowest BCUT2D eigenvalue weighted by atomic mass is 10.1. The van der Waals surface area contributed by atoms with Gasteiger partial charge in [-0.15, -0.1) is 11.3 Å². The molecule has 10 heteroatoms. The number of thiazole rings is 1. The van der Waals surface area contributed by atoms with Gasteiger partial charge in [0, 0.05) is 18.5 Å². The molecular formula is C14H18F3N5OS. The average molecular weight is 361 g/mol. The van der Waals surface area contributed by atoms with Crippen LogP contribution in [-0.4, -0.2) is 23.1 Å². The summed E-state index contributed by atoms with van der Waals surface area (Å²) >= 11 is 0.945. The molecule has 0 bridgehead atoms. The zero-order valence-corrected chi connectivity index (χ0v) is 14.3. The molecule has 2 heterocycles. The van der Waals surface area contributed by atoms with Gasteiger partial charge in [-0.3, -0.25) is 4.99 Å². The third-order valence-corrected chi connectivity index (χ3v) is 3.92. The van der Waals surface area contributed by atoms with Crippen molar-refractivity contribution < 1.29 is 17.7 Å². The summed E-state index contributed by atoms with van der Waals surface area (Å²) in [4.78, 5) is 7.55. The van der Waals surface area contributed by atoms with Gasteiger partial charge in [0.05, 0.1) is 18.8 Å². The van der Waals surface area contributed by atoms with Crippen LogP contribution in [0.5, 0.6) is 0 Å². The Morgan fingerprint density at radius 2 is 2.04 bits per heavy atom. The molecule has 2 aromatic rings. The van der Waals surface area contributed by atoms with E-state index in [4.69, 9.17) is 4.52 Å². The highest BCUT2D eigenvalue weighted by Gasteiger charge is 2.33. The third-order valence-electron chi connectivity index (χ3n) is 3.07. The quantitative estimate of drug-likeness (QED) is 0.632. The molecule has 2 rings (SSSR count). The molecular weight excluding hydrogens is 343 g/mol. The second-order valence-electron chi connectivity index (χ2n) is 5.28. The summed E-state index contributed by atoms with van der Waals surface area (Å²) in [7, 11) is 1.57. The van der Waals surface area contributed by atoms with Gasteiger partial charge in [0.1, 0.15) is 5.01 Å². The Balaban J connectivity index is 1.85. The van der Waals surface area contributed by atoms with Gasteiger partial charge in [0.15, 0.2) is 17.4 Å². The van der Waals surface area contributed by atoms with E-state index in [1.54, 1.807) is 7.05 Å².